The van der Waals surface area contributed by atoms with Crippen LogP contribution in [0.15, 0.2) is 60.0 Å². The lowest BCUT2D eigenvalue weighted by molar-refractivity contribution is 0.0991. The molecule has 1 aliphatic rings. The molecule has 0 amide bonds. The lowest BCUT2D eigenvalue weighted by atomic mass is 10.0. The average molecular weight is 459 g/mol. The van der Waals surface area contributed by atoms with Crippen LogP contribution in [0.2, 0.25) is 0 Å². The summed E-state index contributed by atoms with van der Waals surface area (Å²) in [6.45, 7) is 2.23. The van der Waals surface area contributed by atoms with Crippen LogP contribution in [0.4, 0.5) is 0 Å². The highest BCUT2D eigenvalue weighted by molar-refractivity contribution is 7.99. The molecule has 0 unspecified atom stereocenters. The number of hydrogen-bond donors (Lipinski definition) is 0. The highest BCUT2D eigenvalue weighted by atomic mass is 32.2. The van der Waals surface area contributed by atoms with E-state index in [1.54, 1.807) is 28.7 Å². The predicted octanol–water partition coefficient (Wildman–Crippen LogP) is 4.04. The summed E-state index contributed by atoms with van der Waals surface area (Å²) in [5, 5.41) is 11.7. The fourth-order valence-corrected chi connectivity index (χ4v) is 5.21. The van der Waals surface area contributed by atoms with Crippen LogP contribution < -0.4 is 0 Å². The Morgan fingerprint density at radius 1 is 1.06 bits per heavy atom. The maximum absolute atomic E-state index is 13.0. The van der Waals surface area contributed by atoms with Crippen molar-refractivity contribution in [3.63, 3.8) is 0 Å². The molecule has 0 N–H and O–H groups in total. The van der Waals surface area contributed by atoms with Crippen LogP contribution in [0.3, 0.4) is 0 Å². The molecule has 7 nitrogen and oxygen atoms in total. The summed E-state index contributed by atoms with van der Waals surface area (Å²) in [4.78, 5) is 24.4. The van der Waals surface area contributed by atoms with Crippen molar-refractivity contribution in [3.05, 3.63) is 66.2 Å². The van der Waals surface area contributed by atoms with Gasteiger partial charge in [-0.1, -0.05) is 17.3 Å². The third kappa shape index (κ3) is 5.12. The Balaban J connectivity index is 1.31. The zero-order valence-corrected chi connectivity index (χ0v) is 19.6. The Morgan fingerprint density at radius 3 is 2.70 bits per heavy atom. The normalized spacial score (nSPS) is 15.2. The third-order valence-corrected chi connectivity index (χ3v) is 7.30. The van der Waals surface area contributed by atoms with Crippen molar-refractivity contribution >= 4 is 28.3 Å². The number of hydrogen-bond acceptors (Lipinski definition) is 7. The number of rotatable bonds is 6. The Kier molecular flexibility index (Phi) is 6.20. The van der Waals surface area contributed by atoms with Gasteiger partial charge in [-0.3, -0.25) is 14.5 Å². The van der Waals surface area contributed by atoms with Gasteiger partial charge in [0.1, 0.15) is 5.69 Å². The molecule has 8 heteroatoms. The largest absolute Gasteiger partial charge is 0.306 e. The SMILES string of the molecule is CN1CCC(Sc2cc(C(=O)Cc3cc4cc(-c5cn(C)nn5)ccc4cn3)ccn2)CC1. The van der Waals surface area contributed by atoms with E-state index in [0.717, 1.165) is 58.7 Å². The molecule has 4 heterocycles. The van der Waals surface area contributed by atoms with Gasteiger partial charge >= 0.3 is 0 Å². The van der Waals surface area contributed by atoms with E-state index in [4.69, 9.17) is 0 Å². The Labute approximate surface area is 197 Å². The van der Waals surface area contributed by atoms with Gasteiger partial charge in [-0.2, -0.15) is 0 Å². The Morgan fingerprint density at radius 2 is 1.91 bits per heavy atom. The minimum absolute atomic E-state index is 0.0551. The molecule has 0 atom stereocenters. The molecule has 168 valence electrons. The van der Waals surface area contributed by atoms with Crippen molar-refractivity contribution in [1.82, 2.24) is 29.9 Å². The van der Waals surface area contributed by atoms with Gasteiger partial charge in [-0.05, 0) is 62.6 Å². The zero-order chi connectivity index (χ0) is 22.8. The van der Waals surface area contributed by atoms with Gasteiger partial charge in [0.2, 0.25) is 0 Å². The van der Waals surface area contributed by atoms with E-state index >= 15 is 0 Å². The van der Waals surface area contributed by atoms with Gasteiger partial charge in [0, 0.05) is 46.9 Å². The third-order valence-electron chi connectivity index (χ3n) is 6.03. The number of fused-ring (bicyclic) bond motifs is 1. The van der Waals surface area contributed by atoms with Crippen molar-refractivity contribution in [2.75, 3.05) is 20.1 Å². The molecule has 3 aromatic heterocycles. The second-order valence-electron chi connectivity index (χ2n) is 8.62. The molecule has 1 saturated heterocycles. The second-order valence-corrected chi connectivity index (χ2v) is 9.94. The molecule has 0 spiro atoms. The van der Waals surface area contributed by atoms with Crippen LogP contribution in [0, 0.1) is 0 Å². The Hall–Kier alpha value is -3.10. The van der Waals surface area contributed by atoms with Crippen LogP contribution >= 0.6 is 11.8 Å². The molecule has 1 fully saturated rings. The lowest BCUT2D eigenvalue weighted by Gasteiger charge is -2.28. The van der Waals surface area contributed by atoms with Gasteiger partial charge in [0.05, 0.1) is 17.6 Å². The fraction of sp³-hybridized carbons (Fsp3) is 0.320. The van der Waals surface area contributed by atoms with Crippen LogP contribution in [0.25, 0.3) is 22.0 Å². The number of nitrogens with zero attached hydrogens (tertiary/aromatic N) is 6. The number of thioether (sulfide) groups is 1. The van der Waals surface area contributed by atoms with Crippen molar-refractivity contribution in [1.29, 1.82) is 0 Å². The summed E-state index contributed by atoms with van der Waals surface area (Å²) in [7, 11) is 4.01. The number of pyridine rings is 2. The van der Waals surface area contributed by atoms with E-state index in [1.807, 2.05) is 43.7 Å². The molecule has 4 aromatic rings. The summed E-state index contributed by atoms with van der Waals surface area (Å²) in [5.74, 6) is 0.0551. The van der Waals surface area contributed by atoms with Gasteiger partial charge in [-0.15, -0.1) is 16.9 Å². The van der Waals surface area contributed by atoms with E-state index in [-0.39, 0.29) is 12.2 Å². The molecule has 1 aliphatic heterocycles. The first-order valence-corrected chi connectivity index (χ1v) is 12.0. The minimum atomic E-state index is 0.0551. The quantitative estimate of drug-likeness (QED) is 0.404. The average Bonchev–Trinajstić information content (AvgIpc) is 3.26. The maximum Gasteiger partial charge on any atom is 0.168 e. The summed E-state index contributed by atoms with van der Waals surface area (Å²) in [6.07, 6.45) is 8.01. The monoisotopic (exact) mass is 458 g/mol. The summed E-state index contributed by atoms with van der Waals surface area (Å²) >= 11 is 1.79. The first kappa shape index (κ1) is 21.7. The van der Waals surface area contributed by atoms with Crippen LogP contribution in [0.5, 0.6) is 0 Å². The number of aryl methyl sites for hydroxylation is 1. The minimum Gasteiger partial charge on any atom is -0.306 e. The van der Waals surface area contributed by atoms with E-state index < -0.39 is 0 Å². The molecule has 33 heavy (non-hydrogen) atoms. The standard InChI is InChI=1S/C25H26N6OS/c1-30-9-6-22(7-10-30)33-25-13-18(5-8-26-25)24(32)14-21-12-20-11-17(3-4-19(20)15-27-21)23-16-31(2)29-28-23/h3-5,8,11-13,15-16,22H,6-7,9-10,14H2,1-2H3. The smallest absolute Gasteiger partial charge is 0.168 e. The van der Waals surface area contributed by atoms with Gasteiger partial charge < -0.3 is 4.90 Å². The molecule has 1 aromatic carbocycles. The molecule has 0 aliphatic carbocycles. The van der Waals surface area contributed by atoms with Crippen LogP contribution in [-0.4, -0.2) is 61.0 Å². The number of ketones is 1. The fourth-order valence-electron chi connectivity index (χ4n) is 4.11. The number of benzene rings is 1. The summed E-state index contributed by atoms with van der Waals surface area (Å²) < 4.78 is 1.68. The first-order valence-electron chi connectivity index (χ1n) is 11.1. The van der Waals surface area contributed by atoms with Crippen molar-refractivity contribution in [2.45, 2.75) is 29.5 Å². The molecule has 0 bridgehead atoms. The zero-order valence-electron chi connectivity index (χ0n) is 18.8. The van der Waals surface area contributed by atoms with E-state index in [1.165, 1.54) is 0 Å². The van der Waals surface area contributed by atoms with E-state index in [9.17, 15) is 4.79 Å². The van der Waals surface area contributed by atoms with Gasteiger partial charge in [0.25, 0.3) is 0 Å². The van der Waals surface area contributed by atoms with Crippen molar-refractivity contribution < 1.29 is 4.79 Å². The topological polar surface area (TPSA) is 76.8 Å². The van der Waals surface area contributed by atoms with Crippen molar-refractivity contribution in [2.24, 2.45) is 7.05 Å². The van der Waals surface area contributed by atoms with E-state index in [0.29, 0.717) is 10.8 Å². The summed E-state index contributed by atoms with van der Waals surface area (Å²) in [6, 6.07) is 11.8. The molecule has 0 radical (unpaired) electrons. The number of carbonyl (C=O) groups excluding carboxylic acids is 1. The van der Waals surface area contributed by atoms with E-state index in [2.05, 4.69) is 38.3 Å². The molecular weight excluding hydrogens is 432 g/mol. The van der Waals surface area contributed by atoms with Crippen LogP contribution in [-0.2, 0) is 13.5 Å². The number of carbonyl (C=O) groups is 1. The number of Topliss-reactive ketones (excluding diaryl/α,β-unsaturated/α-hetero) is 1. The van der Waals surface area contributed by atoms with Crippen LogP contribution in [0.1, 0.15) is 28.9 Å². The number of piperidine rings is 1. The number of aromatic nitrogens is 5. The predicted molar refractivity (Wildman–Crippen MR) is 130 cm³/mol. The molecular formula is C25H26N6OS. The highest BCUT2D eigenvalue weighted by Gasteiger charge is 2.19. The lowest BCUT2D eigenvalue weighted by Crippen LogP contribution is -2.31. The number of likely N-dealkylation sites (tertiary alicyclic amines) is 1. The van der Waals surface area contributed by atoms with Gasteiger partial charge in [0.15, 0.2) is 5.78 Å². The highest BCUT2D eigenvalue weighted by Crippen LogP contribution is 2.29. The molecule has 5 rings (SSSR count). The van der Waals surface area contributed by atoms with Gasteiger partial charge in [-0.25, -0.2) is 4.98 Å². The first-order chi connectivity index (χ1) is 16.0. The second kappa shape index (κ2) is 9.41. The molecule has 0 saturated carbocycles. The Bertz CT molecular complexity index is 1300. The van der Waals surface area contributed by atoms with Crippen molar-refractivity contribution in [3.8, 4) is 11.3 Å². The summed E-state index contributed by atoms with van der Waals surface area (Å²) in [5.41, 5.74) is 3.25. The maximum atomic E-state index is 13.0.